The second-order valence-electron chi connectivity index (χ2n) is 7.19. The van der Waals surface area contributed by atoms with Crippen molar-refractivity contribution >= 4 is 28.9 Å². The Kier molecular flexibility index (Phi) is 5.70. The van der Waals surface area contributed by atoms with E-state index >= 15 is 0 Å². The van der Waals surface area contributed by atoms with Gasteiger partial charge in [-0.15, -0.1) is 5.10 Å². The zero-order valence-electron chi connectivity index (χ0n) is 17.2. The van der Waals surface area contributed by atoms with E-state index in [1.165, 1.54) is 5.01 Å². The molecule has 156 valence electrons. The monoisotopic (exact) mass is 415 g/mol. The molecule has 2 heterocycles. The van der Waals surface area contributed by atoms with Gasteiger partial charge in [0.1, 0.15) is 11.5 Å². The number of anilines is 2. The van der Waals surface area contributed by atoms with Crippen LogP contribution in [0.1, 0.15) is 24.0 Å². The van der Waals surface area contributed by atoms with Crippen LogP contribution in [0.5, 0.6) is 11.6 Å². The van der Waals surface area contributed by atoms with Crippen molar-refractivity contribution in [1.82, 2.24) is 10.2 Å². The molecule has 0 unspecified atom stereocenters. The van der Waals surface area contributed by atoms with Crippen LogP contribution < -0.4 is 15.1 Å². The van der Waals surface area contributed by atoms with Crippen molar-refractivity contribution in [2.24, 2.45) is 5.10 Å². The van der Waals surface area contributed by atoms with Gasteiger partial charge in [0, 0.05) is 36.9 Å². The summed E-state index contributed by atoms with van der Waals surface area (Å²) >= 11 is 0. The summed E-state index contributed by atoms with van der Waals surface area (Å²) in [5.41, 5.74) is 3.46. The van der Waals surface area contributed by atoms with E-state index in [2.05, 4.69) is 20.6 Å². The first-order chi connectivity index (χ1) is 15.0. The van der Waals surface area contributed by atoms with E-state index in [0.29, 0.717) is 28.7 Å². The van der Waals surface area contributed by atoms with Crippen LogP contribution in [0.2, 0.25) is 0 Å². The standard InChI is InChI=1S/C23H21N5O3/c1-15-8-9-16(2)20(13-15)28-22(29)11-10-19(27-28)23(30)25-17-5-3-6-18(14-17)31-21-7-4-12-24-26-21/h3-9,12-14H,10-11H2,1-2H3,(H,25,30). The lowest BCUT2D eigenvalue weighted by atomic mass is 10.1. The number of ether oxygens (including phenoxy) is 1. The van der Waals surface area contributed by atoms with Crippen LogP contribution in [-0.2, 0) is 9.59 Å². The van der Waals surface area contributed by atoms with Crippen LogP contribution in [-0.4, -0.2) is 27.7 Å². The van der Waals surface area contributed by atoms with Crippen LogP contribution in [0.25, 0.3) is 0 Å². The molecule has 1 aliphatic rings. The minimum atomic E-state index is -0.362. The Labute approximate surface area is 179 Å². The van der Waals surface area contributed by atoms with Gasteiger partial charge in [0.25, 0.3) is 5.91 Å². The van der Waals surface area contributed by atoms with Gasteiger partial charge in [-0.3, -0.25) is 9.59 Å². The van der Waals surface area contributed by atoms with Gasteiger partial charge in [0.15, 0.2) is 0 Å². The number of hydrogen-bond donors (Lipinski definition) is 1. The number of rotatable bonds is 5. The molecule has 1 N–H and O–H groups in total. The Bertz CT molecular complexity index is 1160. The van der Waals surface area contributed by atoms with Crippen LogP contribution in [0, 0.1) is 13.8 Å². The van der Waals surface area contributed by atoms with Crippen molar-refractivity contribution in [2.45, 2.75) is 26.7 Å². The van der Waals surface area contributed by atoms with E-state index in [1.54, 1.807) is 42.6 Å². The lowest BCUT2D eigenvalue weighted by Crippen LogP contribution is -2.36. The first-order valence-electron chi connectivity index (χ1n) is 9.84. The Morgan fingerprint density at radius 2 is 1.94 bits per heavy atom. The highest BCUT2D eigenvalue weighted by Crippen LogP contribution is 2.26. The van der Waals surface area contributed by atoms with E-state index < -0.39 is 0 Å². The highest BCUT2D eigenvalue weighted by molar-refractivity contribution is 6.44. The van der Waals surface area contributed by atoms with E-state index in [9.17, 15) is 9.59 Å². The molecule has 0 radical (unpaired) electrons. The van der Waals surface area contributed by atoms with Gasteiger partial charge < -0.3 is 10.1 Å². The number of hydrazone groups is 1. The number of hydrogen-bond acceptors (Lipinski definition) is 6. The number of aryl methyl sites for hydroxylation is 2. The molecule has 3 aromatic rings. The number of aromatic nitrogens is 2. The maximum Gasteiger partial charge on any atom is 0.271 e. The molecule has 0 spiro atoms. The Hall–Kier alpha value is -4.07. The molecule has 2 aromatic carbocycles. The second-order valence-corrected chi connectivity index (χ2v) is 7.19. The number of carbonyl (C=O) groups excluding carboxylic acids is 2. The van der Waals surface area contributed by atoms with Crippen molar-refractivity contribution < 1.29 is 14.3 Å². The molecular weight excluding hydrogens is 394 g/mol. The third-order valence-corrected chi connectivity index (χ3v) is 4.75. The Balaban J connectivity index is 1.52. The first-order valence-corrected chi connectivity index (χ1v) is 9.84. The molecule has 8 nitrogen and oxygen atoms in total. The van der Waals surface area contributed by atoms with Crippen molar-refractivity contribution in [2.75, 3.05) is 10.3 Å². The molecule has 31 heavy (non-hydrogen) atoms. The largest absolute Gasteiger partial charge is 0.437 e. The lowest BCUT2D eigenvalue weighted by molar-refractivity contribution is -0.118. The minimum Gasteiger partial charge on any atom is -0.437 e. The number of benzene rings is 2. The van der Waals surface area contributed by atoms with Crippen LogP contribution in [0.4, 0.5) is 11.4 Å². The SMILES string of the molecule is Cc1ccc(C)c(N2N=C(C(=O)Nc3cccc(Oc4cccnn4)c3)CCC2=O)c1. The number of nitrogens with one attached hydrogen (secondary N) is 1. The average Bonchev–Trinajstić information content (AvgIpc) is 2.77. The van der Waals surface area contributed by atoms with Crippen molar-refractivity contribution in [3.63, 3.8) is 0 Å². The van der Waals surface area contributed by atoms with Crippen LogP contribution >= 0.6 is 0 Å². The summed E-state index contributed by atoms with van der Waals surface area (Å²) in [5, 5.41) is 16.2. The van der Waals surface area contributed by atoms with Gasteiger partial charge in [-0.05, 0) is 49.2 Å². The van der Waals surface area contributed by atoms with Crippen molar-refractivity contribution in [3.05, 3.63) is 71.9 Å². The normalized spacial score (nSPS) is 13.5. The van der Waals surface area contributed by atoms with Gasteiger partial charge in [-0.25, -0.2) is 5.01 Å². The predicted molar refractivity (Wildman–Crippen MR) is 117 cm³/mol. The third-order valence-electron chi connectivity index (χ3n) is 4.75. The van der Waals surface area contributed by atoms with Crippen LogP contribution in [0.3, 0.4) is 0 Å². The van der Waals surface area contributed by atoms with Gasteiger partial charge in [0.05, 0.1) is 5.69 Å². The Morgan fingerprint density at radius 1 is 1.06 bits per heavy atom. The quantitative estimate of drug-likeness (QED) is 0.679. The van der Waals surface area contributed by atoms with Gasteiger partial charge in [0.2, 0.25) is 11.8 Å². The molecular formula is C23H21N5O3. The summed E-state index contributed by atoms with van der Waals surface area (Å²) in [7, 11) is 0. The van der Waals surface area contributed by atoms with E-state index in [1.807, 2.05) is 32.0 Å². The van der Waals surface area contributed by atoms with E-state index in [-0.39, 0.29) is 24.7 Å². The number of nitrogens with zero attached hydrogens (tertiary/aromatic N) is 4. The fraction of sp³-hybridized carbons (Fsp3) is 0.174. The molecule has 2 amide bonds. The summed E-state index contributed by atoms with van der Waals surface area (Å²) in [6.45, 7) is 3.86. The molecule has 4 rings (SSSR count). The molecule has 1 aliphatic heterocycles. The molecule has 0 aliphatic carbocycles. The number of carbonyl (C=O) groups is 2. The van der Waals surface area contributed by atoms with E-state index in [0.717, 1.165) is 11.1 Å². The number of amides is 2. The zero-order valence-corrected chi connectivity index (χ0v) is 17.2. The topological polar surface area (TPSA) is 96.8 Å². The van der Waals surface area contributed by atoms with Gasteiger partial charge in [-0.2, -0.15) is 10.2 Å². The highest BCUT2D eigenvalue weighted by atomic mass is 16.5. The Morgan fingerprint density at radius 3 is 2.74 bits per heavy atom. The summed E-state index contributed by atoms with van der Waals surface area (Å²) in [4.78, 5) is 25.3. The summed E-state index contributed by atoms with van der Waals surface area (Å²) in [6, 6.07) is 16.2. The van der Waals surface area contributed by atoms with E-state index in [4.69, 9.17) is 4.74 Å². The molecule has 0 saturated carbocycles. The summed E-state index contributed by atoms with van der Waals surface area (Å²) in [5.74, 6) is 0.366. The fourth-order valence-corrected chi connectivity index (χ4v) is 3.16. The fourth-order valence-electron chi connectivity index (χ4n) is 3.16. The van der Waals surface area contributed by atoms with Crippen molar-refractivity contribution in [3.8, 4) is 11.6 Å². The first kappa shape index (κ1) is 20.2. The molecule has 0 fully saturated rings. The summed E-state index contributed by atoms with van der Waals surface area (Å²) < 4.78 is 5.65. The van der Waals surface area contributed by atoms with Gasteiger partial charge in [-0.1, -0.05) is 18.2 Å². The maximum atomic E-state index is 12.8. The minimum absolute atomic E-state index is 0.135. The van der Waals surface area contributed by atoms with Crippen molar-refractivity contribution in [1.29, 1.82) is 0 Å². The predicted octanol–water partition coefficient (Wildman–Crippen LogP) is 4.01. The van der Waals surface area contributed by atoms with Crippen LogP contribution in [0.15, 0.2) is 65.9 Å². The highest BCUT2D eigenvalue weighted by Gasteiger charge is 2.26. The summed E-state index contributed by atoms with van der Waals surface area (Å²) in [6.07, 6.45) is 2.05. The molecule has 0 bridgehead atoms. The average molecular weight is 415 g/mol. The molecule has 8 heteroatoms. The molecule has 0 saturated heterocycles. The zero-order chi connectivity index (χ0) is 21.8. The second kappa shape index (κ2) is 8.74. The lowest BCUT2D eigenvalue weighted by Gasteiger charge is -2.24. The molecule has 1 aromatic heterocycles. The van der Waals surface area contributed by atoms with Gasteiger partial charge >= 0.3 is 0 Å². The smallest absolute Gasteiger partial charge is 0.271 e. The third kappa shape index (κ3) is 4.75. The maximum absolute atomic E-state index is 12.8. The molecule has 0 atom stereocenters.